The van der Waals surface area contributed by atoms with E-state index >= 15 is 0 Å². The minimum Gasteiger partial charge on any atom is -0.457 e. The lowest BCUT2D eigenvalue weighted by Gasteiger charge is -2.08. The Kier molecular flexibility index (Phi) is 3.92. The van der Waals surface area contributed by atoms with Gasteiger partial charge in [-0.3, -0.25) is 0 Å². The van der Waals surface area contributed by atoms with E-state index in [0.29, 0.717) is 26.0 Å². The van der Waals surface area contributed by atoms with Gasteiger partial charge in [0.25, 0.3) is 0 Å². The molecule has 0 aliphatic heterocycles. The van der Waals surface area contributed by atoms with Crippen molar-refractivity contribution in [3.05, 3.63) is 56.7 Å². The Bertz CT molecular complexity index is 520. The van der Waals surface area contributed by atoms with Crippen molar-refractivity contribution < 1.29 is 9.13 Å². The second-order valence-corrected chi connectivity index (χ2v) is 4.86. The van der Waals surface area contributed by atoms with Gasteiger partial charge in [0.1, 0.15) is 17.3 Å². The molecule has 5 heteroatoms. The molecular formula is C12H6BrCl2FO. The average Bonchev–Trinajstić information content (AvgIpc) is 2.29. The van der Waals surface area contributed by atoms with Crippen molar-refractivity contribution in [1.82, 2.24) is 0 Å². The van der Waals surface area contributed by atoms with Crippen LogP contribution in [0.4, 0.5) is 4.39 Å². The first kappa shape index (κ1) is 12.7. The molecule has 0 aliphatic rings. The molecule has 0 unspecified atom stereocenters. The molecule has 1 nitrogen and oxygen atoms in total. The third-order valence-electron chi connectivity index (χ3n) is 2.01. The van der Waals surface area contributed by atoms with Crippen molar-refractivity contribution >= 4 is 39.1 Å². The van der Waals surface area contributed by atoms with Gasteiger partial charge in [-0.2, -0.15) is 0 Å². The summed E-state index contributed by atoms with van der Waals surface area (Å²) < 4.78 is 18.8. The molecule has 0 N–H and O–H groups in total. The van der Waals surface area contributed by atoms with Gasteiger partial charge in [-0.1, -0.05) is 23.2 Å². The maximum absolute atomic E-state index is 12.7. The lowest BCUT2D eigenvalue weighted by molar-refractivity contribution is 0.480. The topological polar surface area (TPSA) is 9.23 Å². The zero-order valence-electron chi connectivity index (χ0n) is 8.38. The Balaban J connectivity index is 2.27. The van der Waals surface area contributed by atoms with E-state index in [1.54, 1.807) is 12.1 Å². The summed E-state index contributed by atoms with van der Waals surface area (Å²) >= 11 is 15.1. The van der Waals surface area contributed by atoms with E-state index in [2.05, 4.69) is 15.9 Å². The fourth-order valence-electron chi connectivity index (χ4n) is 1.23. The van der Waals surface area contributed by atoms with Crippen molar-refractivity contribution in [2.45, 2.75) is 0 Å². The van der Waals surface area contributed by atoms with Gasteiger partial charge in [0, 0.05) is 12.1 Å². The number of ether oxygens (including phenoxy) is 1. The maximum atomic E-state index is 12.7. The van der Waals surface area contributed by atoms with Gasteiger partial charge in [0.05, 0.1) is 14.5 Å². The summed E-state index contributed by atoms with van der Waals surface area (Å²) in [5.74, 6) is 0.694. The Labute approximate surface area is 116 Å². The minimum absolute atomic E-state index is 0.316. The van der Waals surface area contributed by atoms with E-state index in [0.717, 1.165) is 0 Å². The SMILES string of the molecule is Fc1ccc(Oc2cc(Cl)c(Br)c(Cl)c2)cc1. The first-order valence-corrected chi connectivity index (χ1v) is 6.19. The van der Waals surface area contributed by atoms with Gasteiger partial charge in [-0.25, -0.2) is 4.39 Å². The van der Waals surface area contributed by atoms with Crippen molar-refractivity contribution in [2.24, 2.45) is 0 Å². The molecular weight excluding hydrogens is 330 g/mol. The van der Waals surface area contributed by atoms with Crippen LogP contribution in [0.15, 0.2) is 40.9 Å². The van der Waals surface area contributed by atoms with Gasteiger partial charge in [-0.15, -0.1) is 0 Å². The normalized spacial score (nSPS) is 10.4. The summed E-state index contributed by atoms with van der Waals surface area (Å²) in [4.78, 5) is 0. The second-order valence-electron chi connectivity index (χ2n) is 3.26. The zero-order valence-corrected chi connectivity index (χ0v) is 11.5. The van der Waals surface area contributed by atoms with Crippen LogP contribution in [0.1, 0.15) is 0 Å². The van der Waals surface area contributed by atoms with Gasteiger partial charge < -0.3 is 4.74 Å². The third kappa shape index (κ3) is 3.12. The summed E-state index contributed by atoms with van der Waals surface area (Å²) in [6.07, 6.45) is 0. The molecule has 0 fully saturated rings. The molecule has 0 amide bonds. The molecule has 2 rings (SSSR count). The van der Waals surface area contributed by atoms with Gasteiger partial charge in [-0.05, 0) is 40.2 Å². The maximum Gasteiger partial charge on any atom is 0.130 e. The predicted octanol–water partition coefficient (Wildman–Crippen LogP) is 5.69. The van der Waals surface area contributed by atoms with E-state index in [1.165, 1.54) is 24.3 Å². The smallest absolute Gasteiger partial charge is 0.130 e. The van der Waals surface area contributed by atoms with Crippen LogP contribution >= 0.6 is 39.1 Å². The van der Waals surface area contributed by atoms with Crippen molar-refractivity contribution in [3.8, 4) is 11.5 Å². The highest BCUT2D eigenvalue weighted by Crippen LogP contribution is 2.36. The predicted molar refractivity (Wildman–Crippen MR) is 70.6 cm³/mol. The molecule has 2 aromatic rings. The molecule has 0 saturated heterocycles. The van der Waals surface area contributed by atoms with Crippen LogP contribution in [0, 0.1) is 5.82 Å². The van der Waals surface area contributed by atoms with Crippen molar-refractivity contribution in [2.75, 3.05) is 0 Å². The molecule has 0 spiro atoms. The van der Waals surface area contributed by atoms with Crippen LogP contribution in [0.25, 0.3) is 0 Å². The number of hydrogen-bond donors (Lipinski definition) is 0. The van der Waals surface area contributed by atoms with Crippen LogP contribution in [0.5, 0.6) is 11.5 Å². The van der Waals surface area contributed by atoms with Gasteiger partial charge in [0.15, 0.2) is 0 Å². The zero-order chi connectivity index (χ0) is 12.4. The largest absolute Gasteiger partial charge is 0.457 e. The van der Waals surface area contributed by atoms with Crippen molar-refractivity contribution in [3.63, 3.8) is 0 Å². The van der Waals surface area contributed by atoms with Crippen molar-refractivity contribution in [1.29, 1.82) is 0 Å². The molecule has 88 valence electrons. The van der Waals surface area contributed by atoms with Gasteiger partial charge >= 0.3 is 0 Å². The molecule has 2 aromatic carbocycles. The standard InChI is InChI=1S/C12H6BrCl2FO/c13-12-10(14)5-9(6-11(12)15)17-8-3-1-7(16)2-4-8/h1-6H. The highest BCUT2D eigenvalue weighted by molar-refractivity contribution is 9.10. The molecule has 0 saturated carbocycles. The molecule has 0 atom stereocenters. The lowest BCUT2D eigenvalue weighted by Crippen LogP contribution is -1.85. The van der Waals surface area contributed by atoms with E-state index < -0.39 is 0 Å². The Morgan fingerprint density at radius 3 is 2.00 bits per heavy atom. The van der Waals surface area contributed by atoms with Crippen LogP contribution < -0.4 is 4.74 Å². The molecule has 0 bridgehead atoms. The molecule has 0 radical (unpaired) electrons. The first-order valence-electron chi connectivity index (χ1n) is 4.64. The van der Waals surface area contributed by atoms with Gasteiger partial charge in [0.2, 0.25) is 0 Å². The quantitative estimate of drug-likeness (QED) is 0.641. The van der Waals surface area contributed by atoms with Crippen LogP contribution in [0.3, 0.4) is 0 Å². The Morgan fingerprint density at radius 1 is 0.941 bits per heavy atom. The third-order valence-corrected chi connectivity index (χ3v) is 3.91. The van der Waals surface area contributed by atoms with E-state index in [4.69, 9.17) is 27.9 Å². The second kappa shape index (κ2) is 5.25. The van der Waals surface area contributed by atoms with E-state index in [9.17, 15) is 4.39 Å². The highest BCUT2D eigenvalue weighted by Gasteiger charge is 2.07. The van der Waals surface area contributed by atoms with Crippen LogP contribution in [-0.4, -0.2) is 0 Å². The summed E-state index contributed by atoms with van der Waals surface area (Å²) in [5.41, 5.74) is 0. The number of hydrogen-bond acceptors (Lipinski definition) is 1. The molecule has 0 aliphatic carbocycles. The average molecular weight is 336 g/mol. The number of halogens is 4. The first-order chi connectivity index (χ1) is 8.06. The summed E-state index contributed by atoms with van der Waals surface area (Å²) in [5, 5.41) is 0.907. The number of benzene rings is 2. The molecule has 0 heterocycles. The summed E-state index contributed by atoms with van der Waals surface area (Å²) in [6, 6.07) is 8.94. The fraction of sp³-hybridized carbons (Fsp3) is 0. The van der Waals surface area contributed by atoms with Crippen LogP contribution in [0.2, 0.25) is 10.0 Å². The number of rotatable bonds is 2. The fourth-order valence-corrected chi connectivity index (χ4v) is 1.93. The van der Waals surface area contributed by atoms with Crippen LogP contribution in [-0.2, 0) is 0 Å². The Morgan fingerprint density at radius 2 is 1.47 bits per heavy atom. The summed E-state index contributed by atoms with van der Waals surface area (Å²) in [6.45, 7) is 0. The monoisotopic (exact) mass is 334 g/mol. The molecule has 0 aromatic heterocycles. The molecule has 17 heavy (non-hydrogen) atoms. The minimum atomic E-state index is -0.316. The lowest BCUT2D eigenvalue weighted by atomic mass is 10.3. The highest BCUT2D eigenvalue weighted by atomic mass is 79.9. The Hall–Kier alpha value is -0.770. The van der Waals surface area contributed by atoms with E-state index in [1.807, 2.05) is 0 Å². The van der Waals surface area contributed by atoms with E-state index in [-0.39, 0.29) is 5.82 Å². The summed E-state index contributed by atoms with van der Waals surface area (Å²) in [7, 11) is 0.